The van der Waals surface area contributed by atoms with Crippen LogP contribution in [0.4, 0.5) is 5.69 Å². The van der Waals surface area contributed by atoms with Gasteiger partial charge in [-0.05, 0) is 83.4 Å². The Morgan fingerprint density at radius 2 is 1.70 bits per heavy atom. The molecule has 2 N–H and O–H groups in total. The third kappa shape index (κ3) is 4.55. The maximum Gasteiger partial charge on any atom is 0.260 e. The van der Waals surface area contributed by atoms with Crippen molar-refractivity contribution < 1.29 is 29.0 Å². The largest absolute Gasteiger partial charge is 0.503 e. The van der Waals surface area contributed by atoms with Crippen LogP contribution >= 0.6 is 15.9 Å². The lowest BCUT2D eigenvalue weighted by Crippen LogP contribution is -2.53. The highest BCUT2D eigenvalue weighted by Gasteiger charge is 2.70. The number of likely N-dealkylation sites (tertiary alicyclic amines) is 1. The van der Waals surface area contributed by atoms with Gasteiger partial charge in [-0.1, -0.05) is 66.6 Å². The van der Waals surface area contributed by atoms with Gasteiger partial charge in [-0.25, -0.2) is 0 Å². The minimum atomic E-state index is -1.40. The van der Waals surface area contributed by atoms with Crippen molar-refractivity contribution in [3.05, 3.63) is 99.5 Å². The molecule has 9 nitrogen and oxygen atoms in total. The Morgan fingerprint density at radius 3 is 2.38 bits per heavy atom. The Bertz CT molecular complexity index is 1830. The number of nitrogens with zero attached hydrogens (tertiary/aromatic N) is 2. The molecule has 10 heteroatoms. The molecule has 7 rings (SSSR count). The number of aromatic hydroxyl groups is 1. The molecule has 2 heterocycles. The number of anilines is 1. The number of hydrogen-bond acceptors (Lipinski definition) is 7. The number of hydrazine groups is 1. The highest BCUT2D eigenvalue weighted by atomic mass is 79.9. The number of halogens is 1. The normalized spacial score (nSPS) is 28.2. The van der Waals surface area contributed by atoms with Crippen LogP contribution in [-0.2, 0) is 24.6 Å². The Hall–Kier alpha value is -4.44. The van der Waals surface area contributed by atoms with E-state index in [1.165, 1.54) is 12.0 Å². The van der Waals surface area contributed by atoms with E-state index in [0.29, 0.717) is 40.7 Å². The SMILES string of the molecule is CCCN1C(=O)C2CC=C3C(CC4C(=O)N(Nc5ccc(C)cc5)C(=O)C4(c4ccccc4)C3c3cc(Br)c(O)c(OC)c3)C2C1=O. The van der Waals surface area contributed by atoms with Crippen LogP contribution in [0.5, 0.6) is 11.5 Å². The van der Waals surface area contributed by atoms with Crippen LogP contribution in [0, 0.1) is 30.6 Å². The highest BCUT2D eigenvalue weighted by molar-refractivity contribution is 9.10. The molecule has 6 atom stereocenters. The first-order valence-electron chi connectivity index (χ1n) is 16.0. The molecule has 3 aromatic carbocycles. The van der Waals surface area contributed by atoms with Crippen molar-refractivity contribution in [2.75, 3.05) is 19.1 Å². The molecule has 3 fully saturated rings. The number of rotatable bonds is 7. The third-order valence-electron chi connectivity index (χ3n) is 10.5. The Morgan fingerprint density at radius 1 is 0.979 bits per heavy atom. The molecule has 3 aromatic rings. The van der Waals surface area contributed by atoms with Crippen molar-refractivity contribution in [1.82, 2.24) is 9.91 Å². The maximum absolute atomic E-state index is 15.2. The van der Waals surface area contributed by atoms with Crippen LogP contribution in [0.2, 0.25) is 0 Å². The number of fused-ring (bicyclic) bond motifs is 4. The predicted molar refractivity (Wildman–Crippen MR) is 178 cm³/mol. The van der Waals surface area contributed by atoms with Gasteiger partial charge in [0.15, 0.2) is 11.5 Å². The van der Waals surface area contributed by atoms with Crippen LogP contribution in [0.3, 0.4) is 0 Å². The lowest BCUT2D eigenvalue weighted by Gasteiger charge is -2.50. The lowest BCUT2D eigenvalue weighted by molar-refractivity contribution is -0.141. The van der Waals surface area contributed by atoms with Gasteiger partial charge in [0.05, 0.1) is 40.4 Å². The number of hydrogen-bond donors (Lipinski definition) is 2. The van der Waals surface area contributed by atoms with Crippen molar-refractivity contribution in [1.29, 1.82) is 0 Å². The molecular weight excluding hydrogens is 662 g/mol. The van der Waals surface area contributed by atoms with Crippen LogP contribution in [-0.4, -0.2) is 52.3 Å². The molecule has 242 valence electrons. The summed E-state index contributed by atoms with van der Waals surface area (Å²) in [6.45, 7) is 4.25. The summed E-state index contributed by atoms with van der Waals surface area (Å²) in [5.74, 6) is -4.22. The van der Waals surface area contributed by atoms with Gasteiger partial charge in [0.2, 0.25) is 11.8 Å². The van der Waals surface area contributed by atoms with Crippen LogP contribution in [0.15, 0.2) is 82.9 Å². The molecule has 47 heavy (non-hydrogen) atoms. The van der Waals surface area contributed by atoms with Gasteiger partial charge < -0.3 is 9.84 Å². The summed E-state index contributed by atoms with van der Waals surface area (Å²) in [5, 5.41) is 11.9. The molecule has 1 saturated carbocycles. The summed E-state index contributed by atoms with van der Waals surface area (Å²) >= 11 is 3.49. The monoisotopic (exact) mass is 697 g/mol. The number of ether oxygens (including phenoxy) is 1. The first-order valence-corrected chi connectivity index (χ1v) is 16.8. The average Bonchev–Trinajstić information content (AvgIpc) is 3.44. The number of carbonyl (C=O) groups excluding carboxylic acids is 4. The van der Waals surface area contributed by atoms with Gasteiger partial charge in [-0.15, -0.1) is 0 Å². The fourth-order valence-corrected chi connectivity index (χ4v) is 9.01. The summed E-state index contributed by atoms with van der Waals surface area (Å²) in [4.78, 5) is 58.8. The van der Waals surface area contributed by atoms with E-state index in [2.05, 4.69) is 21.4 Å². The van der Waals surface area contributed by atoms with Gasteiger partial charge in [-0.3, -0.25) is 29.5 Å². The van der Waals surface area contributed by atoms with E-state index < -0.39 is 46.8 Å². The number of allylic oxidation sites excluding steroid dienone is 2. The van der Waals surface area contributed by atoms with E-state index >= 15 is 4.79 Å². The van der Waals surface area contributed by atoms with Gasteiger partial charge in [0, 0.05) is 12.5 Å². The second-order valence-electron chi connectivity index (χ2n) is 13.0. The molecule has 2 aliphatic carbocycles. The van der Waals surface area contributed by atoms with E-state index in [1.807, 2.05) is 74.5 Å². The second kappa shape index (κ2) is 11.7. The smallest absolute Gasteiger partial charge is 0.260 e. The predicted octanol–water partition coefficient (Wildman–Crippen LogP) is 5.87. The molecule has 0 radical (unpaired) electrons. The number of carbonyl (C=O) groups is 4. The molecule has 6 unspecified atom stereocenters. The number of amides is 4. The van der Waals surface area contributed by atoms with Crippen LogP contribution < -0.4 is 10.2 Å². The molecule has 0 spiro atoms. The Balaban J connectivity index is 1.47. The van der Waals surface area contributed by atoms with E-state index in [9.17, 15) is 19.5 Å². The maximum atomic E-state index is 15.2. The van der Waals surface area contributed by atoms with Crippen molar-refractivity contribution >= 4 is 45.2 Å². The highest BCUT2D eigenvalue weighted by Crippen LogP contribution is 2.64. The van der Waals surface area contributed by atoms with Crippen LogP contribution in [0.25, 0.3) is 0 Å². The quantitative estimate of drug-likeness (QED) is 0.235. The van der Waals surface area contributed by atoms with Crippen molar-refractivity contribution in [3.63, 3.8) is 0 Å². The average molecular weight is 699 g/mol. The number of aryl methyl sites for hydroxylation is 1. The fourth-order valence-electron chi connectivity index (χ4n) is 8.55. The number of imide groups is 2. The molecule has 2 saturated heterocycles. The molecular formula is C37H36BrN3O6. The minimum Gasteiger partial charge on any atom is -0.503 e. The zero-order valence-electron chi connectivity index (χ0n) is 26.4. The fraction of sp³-hybridized carbons (Fsp3) is 0.351. The standard InChI is InChI=1S/C37H36BrN3O6/c1-4-16-40-33(43)25-15-14-24-26(30(25)35(40)45)19-27-34(44)41(39-23-12-10-20(2)11-13-23)36(46)37(27,22-8-6-5-7-9-22)31(24)21-17-28(38)32(42)29(18-21)47-3/h5-14,17-18,25-27,30-31,39,42H,4,15-16,19H2,1-3H3. The topological polar surface area (TPSA) is 116 Å². The molecule has 4 aliphatic rings. The summed E-state index contributed by atoms with van der Waals surface area (Å²) in [6.07, 6.45) is 3.26. The van der Waals surface area contributed by atoms with E-state index in [1.54, 1.807) is 12.1 Å². The van der Waals surface area contributed by atoms with E-state index in [4.69, 9.17) is 4.74 Å². The number of benzene rings is 3. The number of phenolic OH excluding ortho intramolecular Hbond substituents is 1. The van der Waals surface area contributed by atoms with Crippen molar-refractivity contribution in [2.45, 2.75) is 44.4 Å². The summed E-state index contributed by atoms with van der Waals surface area (Å²) in [5.41, 5.74) is 5.51. The van der Waals surface area contributed by atoms with Crippen LogP contribution in [0.1, 0.15) is 48.8 Å². The summed E-state index contributed by atoms with van der Waals surface area (Å²) < 4.78 is 5.93. The molecule has 2 aliphatic heterocycles. The zero-order chi connectivity index (χ0) is 33.2. The lowest BCUT2D eigenvalue weighted by atomic mass is 9.49. The summed E-state index contributed by atoms with van der Waals surface area (Å²) in [6, 6.07) is 20.3. The number of phenols is 1. The minimum absolute atomic E-state index is 0.0881. The van der Waals surface area contributed by atoms with Gasteiger partial charge >= 0.3 is 0 Å². The molecule has 0 aromatic heterocycles. The third-order valence-corrected chi connectivity index (χ3v) is 11.1. The molecule has 0 bridgehead atoms. The first-order chi connectivity index (χ1) is 22.6. The second-order valence-corrected chi connectivity index (χ2v) is 13.8. The van der Waals surface area contributed by atoms with E-state index in [0.717, 1.165) is 16.1 Å². The first kappa shape index (κ1) is 31.2. The number of methoxy groups -OCH3 is 1. The number of nitrogens with one attached hydrogen (secondary N) is 1. The summed E-state index contributed by atoms with van der Waals surface area (Å²) in [7, 11) is 1.46. The van der Waals surface area contributed by atoms with Crippen molar-refractivity contribution in [2.24, 2.45) is 23.7 Å². The Kier molecular flexibility index (Phi) is 7.74. The van der Waals surface area contributed by atoms with Crippen molar-refractivity contribution in [3.8, 4) is 11.5 Å². The molecule has 4 amide bonds. The van der Waals surface area contributed by atoms with Gasteiger partial charge in [-0.2, -0.15) is 5.01 Å². The Labute approximate surface area is 281 Å². The van der Waals surface area contributed by atoms with Gasteiger partial charge in [0.25, 0.3) is 11.8 Å². The van der Waals surface area contributed by atoms with Gasteiger partial charge in [0.1, 0.15) is 0 Å². The zero-order valence-corrected chi connectivity index (χ0v) is 28.0. The van der Waals surface area contributed by atoms with E-state index in [-0.39, 0.29) is 29.7 Å².